The predicted molar refractivity (Wildman–Crippen MR) is 111 cm³/mol. The molecule has 6 heteroatoms. The first-order valence-corrected chi connectivity index (χ1v) is 10.8. The van der Waals surface area contributed by atoms with Crippen LogP contribution in [-0.2, 0) is 14.8 Å². The minimum Gasteiger partial charge on any atom is -0.299 e. The van der Waals surface area contributed by atoms with Crippen LogP contribution >= 0.6 is 0 Å². The van der Waals surface area contributed by atoms with Crippen molar-refractivity contribution >= 4 is 15.8 Å². The van der Waals surface area contributed by atoms with E-state index in [2.05, 4.69) is 4.72 Å². The van der Waals surface area contributed by atoms with Crippen LogP contribution in [-0.4, -0.2) is 20.7 Å². The Morgan fingerprint density at radius 1 is 0.828 bits per heavy atom. The summed E-state index contributed by atoms with van der Waals surface area (Å²) in [5.41, 5.74) is 1.83. The van der Waals surface area contributed by atoms with Gasteiger partial charge in [-0.2, -0.15) is 0 Å². The van der Waals surface area contributed by atoms with Crippen LogP contribution in [0.15, 0.2) is 89.8 Å². The Bertz CT molecular complexity index is 997. The van der Waals surface area contributed by atoms with Gasteiger partial charge in [0.25, 0.3) is 0 Å². The molecule has 0 radical (unpaired) electrons. The molecule has 0 heterocycles. The molecule has 0 spiro atoms. The lowest BCUT2D eigenvalue weighted by molar-refractivity contribution is -0.119. The second kappa shape index (κ2) is 9.58. The number of sulfonamides is 1. The zero-order valence-corrected chi connectivity index (χ0v) is 16.6. The largest absolute Gasteiger partial charge is 0.299 e. The van der Waals surface area contributed by atoms with Crippen molar-refractivity contribution in [2.24, 2.45) is 0 Å². The average molecular weight is 411 g/mol. The van der Waals surface area contributed by atoms with Gasteiger partial charge in [0.2, 0.25) is 10.0 Å². The summed E-state index contributed by atoms with van der Waals surface area (Å²) in [6, 6.07) is 23.7. The normalized spacial score (nSPS) is 11.5. The Balaban J connectivity index is 1.63. The smallest absolute Gasteiger partial charge is 0.240 e. The standard InChI is InChI=1S/C23H22FNO3S/c24-20-13-15-21(16-14-20)29(27,28)25-17-7-12-22(26)23(18-8-3-1-4-9-18)19-10-5-2-6-11-19/h1-6,8-11,13-16,23,25H,7,12,17H2. The van der Waals surface area contributed by atoms with Gasteiger partial charge in [0.05, 0.1) is 10.8 Å². The molecule has 0 aromatic heterocycles. The fourth-order valence-corrected chi connectivity index (χ4v) is 4.24. The number of rotatable bonds is 9. The molecule has 0 saturated heterocycles. The van der Waals surface area contributed by atoms with Gasteiger partial charge in [-0.15, -0.1) is 0 Å². The summed E-state index contributed by atoms with van der Waals surface area (Å²) in [4.78, 5) is 13.0. The third kappa shape index (κ3) is 5.59. The second-order valence-corrected chi connectivity index (χ2v) is 8.44. The molecule has 4 nitrogen and oxygen atoms in total. The molecule has 0 aliphatic carbocycles. The van der Waals surface area contributed by atoms with Crippen LogP contribution in [0, 0.1) is 5.82 Å². The van der Waals surface area contributed by atoms with Crippen molar-refractivity contribution in [3.8, 4) is 0 Å². The Kier molecular flexibility index (Phi) is 6.90. The number of benzene rings is 3. The first-order valence-electron chi connectivity index (χ1n) is 9.35. The highest BCUT2D eigenvalue weighted by Gasteiger charge is 2.22. The number of carbonyl (C=O) groups is 1. The van der Waals surface area contributed by atoms with E-state index < -0.39 is 15.8 Å². The SMILES string of the molecule is O=C(CCCNS(=O)(=O)c1ccc(F)cc1)C(c1ccccc1)c1ccccc1. The maximum Gasteiger partial charge on any atom is 0.240 e. The lowest BCUT2D eigenvalue weighted by atomic mass is 9.86. The fourth-order valence-electron chi connectivity index (χ4n) is 3.17. The molecule has 0 fully saturated rings. The molecule has 0 amide bonds. The third-order valence-corrected chi connectivity index (χ3v) is 6.08. The maximum atomic E-state index is 13.0. The first kappa shape index (κ1) is 20.9. The van der Waals surface area contributed by atoms with Crippen LogP contribution in [0.25, 0.3) is 0 Å². The van der Waals surface area contributed by atoms with Gasteiger partial charge >= 0.3 is 0 Å². The van der Waals surface area contributed by atoms with Gasteiger partial charge in [-0.3, -0.25) is 4.79 Å². The quantitative estimate of drug-likeness (QED) is 0.535. The van der Waals surface area contributed by atoms with Crippen LogP contribution in [0.1, 0.15) is 29.9 Å². The molecule has 1 N–H and O–H groups in total. The summed E-state index contributed by atoms with van der Waals surface area (Å²) >= 11 is 0. The number of Topliss-reactive ketones (excluding diaryl/α,β-unsaturated/α-hetero) is 1. The molecule has 0 bridgehead atoms. The molecule has 29 heavy (non-hydrogen) atoms. The third-order valence-electron chi connectivity index (χ3n) is 4.60. The molecule has 0 atom stereocenters. The summed E-state index contributed by atoms with van der Waals surface area (Å²) in [7, 11) is -3.73. The number of carbonyl (C=O) groups excluding carboxylic acids is 1. The van der Waals surface area contributed by atoms with Crippen molar-refractivity contribution in [3.63, 3.8) is 0 Å². The lowest BCUT2D eigenvalue weighted by Gasteiger charge is -2.17. The second-order valence-electron chi connectivity index (χ2n) is 6.68. The Morgan fingerprint density at radius 3 is 1.86 bits per heavy atom. The van der Waals surface area contributed by atoms with E-state index in [1.54, 1.807) is 0 Å². The van der Waals surface area contributed by atoms with Gasteiger partial charge in [0.1, 0.15) is 11.6 Å². The number of nitrogens with one attached hydrogen (secondary N) is 1. The van der Waals surface area contributed by atoms with E-state index in [4.69, 9.17) is 0 Å². The maximum absolute atomic E-state index is 13.0. The predicted octanol–water partition coefficient (Wildman–Crippen LogP) is 4.29. The number of halogens is 1. The summed E-state index contributed by atoms with van der Waals surface area (Å²) in [5.74, 6) is -0.850. The van der Waals surface area contributed by atoms with Gasteiger partial charge in [-0.1, -0.05) is 60.7 Å². The fraction of sp³-hybridized carbons (Fsp3) is 0.174. The van der Waals surface area contributed by atoms with E-state index in [0.717, 1.165) is 23.3 Å². The molecule has 0 aliphatic heterocycles. The highest BCUT2D eigenvalue weighted by molar-refractivity contribution is 7.89. The van der Waals surface area contributed by atoms with Gasteiger partial charge in [-0.25, -0.2) is 17.5 Å². The van der Waals surface area contributed by atoms with E-state index in [1.165, 1.54) is 12.1 Å². The molecular weight excluding hydrogens is 389 g/mol. The zero-order valence-electron chi connectivity index (χ0n) is 15.8. The van der Waals surface area contributed by atoms with Crippen LogP contribution in [0.2, 0.25) is 0 Å². The molecule has 150 valence electrons. The van der Waals surface area contributed by atoms with Crippen molar-refractivity contribution in [2.75, 3.05) is 6.54 Å². The summed E-state index contributed by atoms with van der Waals surface area (Å²) < 4.78 is 39.9. The molecule has 0 aliphatic rings. The molecule has 3 aromatic carbocycles. The summed E-state index contributed by atoms with van der Waals surface area (Å²) in [6.07, 6.45) is 0.607. The van der Waals surface area contributed by atoms with Crippen molar-refractivity contribution in [1.29, 1.82) is 0 Å². The average Bonchev–Trinajstić information content (AvgIpc) is 2.73. The van der Waals surface area contributed by atoms with Crippen molar-refractivity contribution < 1.29 is 17.6 Å². The van der Waals surface area contributed by atoms with E-state index in [-0.39, 0.29) is 29.6 Å². The van der Waals surface area contributed by atoms with E-state index >= 15 is 0 Å². The van der Waals surface area contributed by atoms with Crippen LogP contribution in [0.3, 0.4) is 0 Å². The van der Waals surface area contributed by atoms with E-state index in [1.807, 2.05) is 60.7 Å². The van der Waals surface area contributed by atoms with Gasteiger partial charge in [-0.05, 0) is 41.8 Å². The topological polar surface area (TPSA) is 63.2 Å². The Labute approximate surface area is 170 Å². The minimum absolute atomic E-state index is 0.00308. The van der Waals surface area contributed by atoms with Crippen molar-refractivity contribution in [3.05, 3.63) is 102 Å². The number of hydrogen-bond acceptors (Lipinski definition) is 3. The van der Waals surface area contributed by atoms with Crippen molar-refractivity contribution in [2.45, 2.75) is 23.7 Å². The van der Waals surface area contributed by atoms with E-state index in [0.29, 0.717) is 6.42 Å². The van der Waals surface area contributed by atoms with Crippen LogP contribution in [0.4, 0.5) is 4.39 Å². The lowest BCUT2D eigenvalue weighted by Crippen LogP contribution is -2.25. The summed E-state index contributed by atoms with van der Waals surface area (Å²) in [5, 5.41) is 0. The first-order chi connectivity index (χ1) is 14.0. The Hall–Kier alpha value is -2.83. The number of hydrogen-bond donors (Lipinski definition) is 1. The number of ketones is 1. The minimum atomic E-state index is -3.73. The zero-order chi connectivity index (χ0) is 20.7. The van der Waals surface area contributed by atoms with Gasteiger partial charge < -0.3 is 0 Å². The summed E-state index contributed by atoms with van der Waals surface area (Å²) in [6.45, 7) is 0.127. The molecule has 3 aromatic rings. The monoisotopic (exact) mass is 411 g/mol. The van der Waals surface area contributed by atoms with Crippen LogP contribution in [0.5, 0.6) is 0 Å². The highest BCUT2D eigenvalue weighted by atomic mass is 32.2. The van der Waals surface area contributed by atoms with E-state index in [9.17, 15) is 17.6 Å². The molecular formula is C23H22FNO3S. The van der Waals surface area contributed by atoms with Crippen LogP contribution < -0.4 is 4.72 Å². The molecule has 3 rings (SSSR count). The molecule has 0 saturated carbocycles. The highest BCUT2D eigenvalue weighted by Crippen LogP contribution is 2.27. The molecule has 0 unspecified atom stereocenters. The Morgan fingerprint density at radius 2 is 1.34 bits per heavy atom. The van der Waals surface area contributed by atoms with Gasteiger partial charge in [0.15, 0.2) is 0 Å². The van der Waals surface area contributed by atoms with Crippen molar-refractivity contribution in [1.82, 2.24) is 4.72 Å². The van der Waals surface area contributed by atoms with Gasteiger partial charge in [0, 0.05) is 13.0 Å².